The molecule has 0 bridgehead atoms. The SMILES string of the molecule is Cc1ccc(N2C(=O)C(=O)C(=C(O)c3ccc(Cl)cc3)C2c2ccc(F)cc2)cc1. The molecule has 0 aromatic heterocycles. The molecule has 1 fully saturated rings. The predicted octanol–water partition coefficient (Wildman–Crippen LogP) is 5.41. The lowest BCUT2D eigenvalue weighted by Gasteiger charge is -2.25. The number of hydrogen-bond donors (Lipinski definition) is 1. The molecular weight excluding hydrogens is 405 g/mol. The Hall–Kier alpha value is -3.44. The normalized spacial score (nSPS) is 18.1. The molecule has 1 saturated heterocycles. The van der Waals surface area contributed by atoms with E-state index in [-0.39, 0.29) is 11.3 Å². The van der Waals surface area contributed by atoms with Gasteiger partial charge in [-0.25, -0.2) is 4.39 Å². The zero-order valence-electron chi connectivity index (χ0n) is 16.0. The van der Waals surface area contributed by atoms with Gasteiger partial charge in [0.2, 0.25) is 0 Å². The van der Waals surface area contributed by atoms with Gasteiger partial charge in [-0.3, -0.25) is 14.5 Å². The number of amides is 1. The van der Waals surface area contributed by atoms with Gasteiger partial charge < -0.3 is 5.11 Å². The molecule has 4 rings (SSSR count). The Morgan fingerprint density at radius 3 is 2.13 bits per heavy atom. The predicted molar refractivity (Wildman–Crippen MR) is 114 cm³/mol. The van der Waals surface area contributed by atoms with Crippen molar-refractivity contribution in [3.63, 3.8) is 0 Å². The molecule has 6 heteroatoms. The van der Waals surface area contributed by atoms with Crippen molar-refractivity contribution < 1.29 is 19.1 Å². The van der Waals surface area contributed by atoms with E-state index in [9.17, 15) is 19.1 Å². The first-order valence-corrected chi connectivity index (χ1v) is 9.63. The van der Waals surface area contributed by atoms with Gasteiger partial charge in [0.05, 0.1) is 11.6 Å². The summed E-state index contributed by atoms with van der Waals surface area (Å²) in [7, 11) is 0. The Bertz CT molecular complexity index is 1150. The first kappa shape index (κ1) is 19.9. The van der Waals surface area contributed by atoms with Crippen LogP contribution in [0.3, 0.4) is 0 Å². The average molecular weight is 422 g/mol. The maximum Gasteiger partial charge on any atom is 0.300 e. The van der Waals surface area contributed by atoms with Gasteiger partial charge in [0.1, 0.15) is 11.6 Å². The van der Waals surface area contributed by atoms with Crippen LogP contribution in [0.2, 0.25) is 5.02 Å². The summed E-state index contributed by atoms with van der Waals surface area (Å²) in [5.74, 6) is -2.32. The molecule has 1 aliphatic rings. The van der Waals surface area contributed by atoms with Crippen molar-refractivity contribution in [2.45, 2.75) is 13.0 Å². The minimum atomic E-state index is -0.899. The quantitative estimate of drug-likeness (QED) is 0.349. The van der Waals surface area contributed by atoms with Crippen LogP contribution in [0.5, 0.6) is 0 Å². The monoisotopic (exact) mass is 421 g/mol. The number of anilines is 1. The van der Waals surface area contributed by atoms with Crippen LogP contribution >= 0.6 is 11.6 Å². The Labute approximate surface area is 177 Å². The summed E-state index contributed by atoms with van der Waals surface area (Å²) in [6, 6.07) is 18.0. The molecule has 4 nitrogen and oxygen atoms in total. The van der Waals surface area contributed by atoms with Crippen LogP contribution in [-0.2, 0) is 9.59 Å². The number of ketones is 1. The van der Waals surface area contributed by atoms with E-state index < -0.39 is 23.5 Å². The lowest BCUT2D eigenvalue weighted by molar-refractivity contribution is -0.132. The van der Waals surface area contributed by atoms with Crippen molar-refractivity contribution in [1.29, 1.82) is 0 Å². The van der Waals surface area contributed by atoms with Crippen LogP contribution in [0, 0.1) is 12.7 Å². The van der Waals surface area contributed by atoms with Gasteiger partial charge in [-0.2, -0.15) is 0 Å². The molecule has 1 N–H and O–H groups in total. The van der Waals surface area contributed by atoms with Gasteiger partial charge >= 0.3 is 0 Å². The van der Waals surface area contributed by atoms with Crippen LogP contribution in [0.25, 0.3) is 5.76 Å². The van der Waals surface area contributed by atoms with Crippen molar-refractivity contribution in [3.8, 4) is 0 Å². The number of hydrogen-bond acceptors (Lipinski definition) is 3. The molecule has 1 unspecified atom stereocenters. The molecule has 3 aromatic rings. The Kier molecular flexibility index (Phi) is 5.14. The fourth-order valence-electron chi connectivity index (χ4n) is 3.53. The number of carbonyl (C=O) groups is 2. The standard InChI is InChI=1S/C24H17ClFNO3/c1-14-2-12-19(13-3-14)27-21(15-6-10-18(26)11-7-15)20(23(29)24(27)30)22(28)16-4-8-17(25)9-5-16/h2-13,21,28H,1H3. The van der Waals surface area contributed by atoms with E-state index in [0.717, 1.165) is 5.56 Å². The largest absolute Gasteiger partial charge is 0.507 e. The zero-order chi connectivity index (χ0) is 21.4. The van der Waals surface area contributed by atoms with Gasteiger partial charge in [0, 0.05) is 16.3 Å². The molecule has 1 amide bonds. The van der Waals surface area contributed by atoms with E-state index in [1.807, 2.05) is 19.1 Å². The van der Waals surface area contributed by atoms with E-state index >= 15 is 0 Å². The van der Waals surface area contributed by atoms with Crippen LogP contribution in [-0.4, -0.2) is 16.8 Å². The molecule has 1 heterocycles. The van der Waals surface area contributed by atoms with Crippen LogP contribution < -0.4 is 4.90 Å². The third-order valence-corrected chi connectivity index (χ3v) is 5.31. The van der Waals surface area contributed by atoms with Gasteiger partial charge in [-0.1, -0.05) is 41.4 Å². The Morgan fingerprint density at radius 1 is 0.933 bits per heavy atom. The second kappa shape index (κ2) is 7.76. The summed E-state index contributed by atoms with van der Waals surface area (Å²) < 4.78 is 13.5. The summed E-state index contributed by atoms with van der Waals surface area (Å²) in [4.78, 5) is 27.3. The zero-order valence-corrected chi connectivity index (χ0v) is 16.7. The number of aliphatic hydroxyl groups excluding tert-OH is 1. The topological polar surface area (TPSA) is 57.6 Å². The minimum Gasteiger partial charge on any atom is -0.507 e. The van der Waals surface area contributed by atoms with Crippen molar-refractivity contribution in [1.82, 2.24) is 0 Å². The Morgan fingerprint density at radius 2 is 1.53 bits per heavy atom. The molecular formula is C24H17ClFNO3. The van der Waals surface area contributed by atoms with E-state index in [1.54, 1.807) is 36.4 Å². The fourth-order valence-corrected chi connectivity index (χ4v) is 3.65. The average Bonchev–Trinajstić information content (AvgIpc) is 3.00. The van der Waals surface area contributed by atoms with Gasteiger partial charge in [-0.15, -0.1) is 0 Å². The molecule has 1 aliphatic heterocycles. The number of rotatable bonds is 3. The van der Waals surface area contributed by atoms with Crippen LogP contribution in [0.15, 0.2) is 78.4 Å². The molecule has 0 saturated carbocycles. The van der Waals surface area contributed by atoms with Gasteiger partial charge in [0.25, 0.3) is 11.7 Å². The Balaban J connectivity index is 1.93. The van der Waals surface area contributed by atoms with Crippen molar-refractivity contribution in [3.05, 3.63) is 106 Å². The number of nitrogens with zero attached hydrogens (tertiary/aromatic N) is 1. The van der Waals surface area contributed by atoms with Crippen LogP contribution in [0.4, 0.5) is 10.1 Å². The van der Waals surface area contributed by atoms with E-state index in [1.165, 1.54) is 29.2 Å². The van der Waals surface area contributed by atoms with E-state index in [4.69, 9.17) is 11.6 Å². The smallest absolute Gasteiger partial charge is 0.300 e. The molecule has 150 valence electrons. The highest BCUT2D eigenvalue weighted by atomic mass is 35.5. The molecule has 30 heavy (non-hydrogen) atoms. The highest BCUT2D eigenvalue weighted by molar-refractivity contribution is 6.51. The molecule has 0 aliphatic carbocycles. The first-order valence-electron chi connectivity index (χ1n) is 9.26. The highest BCUT2D eigenvalue weighted by Gasteiger charge is 2.46. The minimum absolute atomic E-state index is 0.0606. The van der Waals surface area contributed by atoms with Crippen molar-refractivity contribution >= 4 is 34.7 Å². The highest BCUT2D eigenvalue weighted by Crippen LogP contribution is 2.42. The summed E-state index contributed by atoms with van der Waals surface area (Å²) in [6.45, 7) is 1.91. The number of benzene rings is 3. The number of aryl methyl sites for hydroxylation is 1. The van der Waals surface area contributed by atoms with Crippen molar-refractivity contribution in [2.75, 3.05) is 4.90 Å². The molecule has 1 atom stereocenters. The van der Waals surface area contributed by atoms with Gasteiger partial charge in [0.15, 0.2) is 0 Å². The van der Waals surface area contributed by atoms with E-state index in [2.05, 4.69) is 0 Å². The maximum atomic E-state index is 13.5. The second-order valence-corrected chi connectivity index (χ2v) is 7.50. The third kappa shape index (κ3) is 3.48. The maximum absolute atomic E-state index is 13.5. The molecule has 3 aromatic carbocycles. The molecule has 0 radical (unpaired) electrons. The van der Waals surface area contributed by atoms with Gasteiger partial charge in [-0.05, 0) is 61.0 Å². The first-order chi connectivity index (χ1) is 14.4. The summed E-state index contributed by atoms with van der Waals surface area (Å²) in [5, 5.41) is 11.4. The second-order valence-electron chi connectivity index (χ2n) is 7.06. The summed E-state index contributed by atoms with van der Waals surface area (Å²) >= 11 is 5.92. The van der Waals surface area contributed by atoms with Crippen molar-refractivity contribution in [2.24, 2.45) is 0 Å². The number of aliphatic hydroxyl groups is 1. The van der Waals surface area contributed by atoms with E-state index in [0.29, 0.717) is 21.8 Å². The fraction of sp³-hybridized carbons (Fsp3) is 0.0833. The lowest BCUT2D eigenvalue weighted by Crippen LogP contribution is -2.29. The summed E-state index contributed by atoms with van der Waals surface area (Å²) in [5.41, 5.74) is 2.30. The number of carbonyl (C=O) groups excluding carboxylic acids is 2. The third-order valence-electron chi connectivity index (χ3n) is 5.06. The number of halogens is 2. The number of Topliss-reactive ketones (excluding diaryl/α,β-unsaturated/α-hetero) is 1. The van der Waals surface area contributed by atoms with Crippen LogP contribution in [0.1, 0.15) is 22.7 Å². The lowest BCUT2D eigenvalue weighted by atomic mass is 9.95. The molecule has 0 spiro atoms. The summed E-state index contributed by atoms with van der Waals surface area (Å²) in [6.07, 6.45) is 0.